The van der Waals surface area contributed by atoms with Crippen LogP contribution in [0.5, 0.6) is 11.5 Å². The molecule has 6 nitrogen and oxygen atoms in total. The SMILES string of the molecule is COc1ccc(S(=O)(=O)N[C@@H](C)CN)cc1OC.Cl. The number of hydrogen-bond donors (Lipinski definition) is 2. The van der Waals surface area contributed by atoms with Crippen molar-refractivity contribution >= 4 is 22.4 Å². The van der Waals surface area contributed by atoms with Crippen LogP contribution in [0.4, 0.5) is 0 Å². The van der Waals surface area contributed by atoms with Crippen LogP contribution in [-0.4, -0.2) is 35.2 Å². The quantitative estimate of drug-likeness (QED) is 0.809. The predicted octanol–water partition coefficient (Wildman–Crippen LogP) is 0.751. The van der Waals surface area contributed by atoms with Gasteiger partial charge in [-0.15, -0.1) is 12.4 Å². The van der Waals surface area contributed by atoms with Crippen LogP contribution in [0, 0.1) is 0 Å². The fourth-order valence-electron chi connectivity index (χ4n) is 1.36. The molecule has 1 aromatic carbocycles. The van der Waals surface area contributed by atoms with Crippen molar-refractivity contribution in [1.82, 2.24) is 4.72 Å². The van der Waals surface area contributed by atoms with Gasteiger partial charge in [-0.1, -0.05) is 0 Å². The van der Waals surface area contributed by atoms with Gasteiger partial charge in [-0.3, -0.25) is 0 Å². The Morgan fingerprint density at radius 2 is 1.84 bits per heavy atom. The minimum atomic E-state index is -3.59. The highest BCUT2D eigenvalue weighted by Crippen LogP contribution is 2.29. The summed E-state index contributed by atoms with van der Waals surface area (Å²) in [5, 5.41) is 0. The minimum Gasteiger partial charge on any atom is -0.493 e. The molecule has 0 fully saturated rings. The number of ether oxygens (including phenoxy) is 2. The summed E-state index contributed by atoms with van der Waals surface area (Å²) in [4.78, 5) is 0.112. The third-order valence-corrected chi connectivity index (χ3v) is 3.96. The third kappa shape index (κ3) is 4.54. The van der Waals surface area contributed by atoms with Crippen LogP contribution in [0.3, 0.4) is 0 Å². The molecule has 0 heterocycles. The Bertz CT molecular complexity index is 507. The Morgan fingerprint density at radius 3 is 2.32 bits per heavy atom. The summed E-state index contributed by atoms with van der Waals surface area (Å²) in [5.41, 5.74) is 5.39. The number of nitrogens with two attached hydrogens (primary N) is 1. The van der Waals surface area contributed by atoms with Gasteiger partial charge in [0.1, 0.15) is 0 Å². The molecule has 0 unspecified atom stereocenters. The Morgan fingerprint density at radius 1 is 1.26 bits per heavy atom. The predicted molar refractivity (Wildman–Crippen MR) is 75.6 cm³/mol. The Kier molecular flexibility index (Phi) is 7.14. The lowest BCUT2D eigenvalue weighted by atomic mass is 10.3. The molecule has 0 radical (unpaired) electrons. The summed E-state index contributed by atoms with van der Waals surface area (Å²) in [6, 6.07) is 4.07. The largest absolute Gasteiger partial charge is 0.493 e. The van der Waals surface area contributed by atoms with E-state index in [1.54, 1.807) is 13.0 Å². The minimum absolute atomic E-state index is 0. The molecule has 0 saturated heterocycles. The van der Waals surface area contributed by atoms with Gasteiger partial charge in [-0.05, 0) is 19.1 Å². The molecule has 8 heteroatoms. The first-order chi connectivity index (χ1) is 8.44. The monoisotopic (exact) mass is 310 g/mol. The number of halogens is 1. The molecular weight excluding hydrogens is 292 g/mol. The maximum atomic E-state index is 12.0. The maximum Gasteiger partial charge on any atom is 0.240 e. The summed E-state index contributed by atoms with van der Waals surface area (Å²) in [5.74, 6) is 0.837. The van der Waals surface area contributed by atoms with Gasteiger partial charge in [0.15, 0.2) is 11.5 Å². The van der Waals surface area contributed by atoms with Gasteiger partial charge in [-0.25, -0.2) is 13.1 Å². The first kappa shape index (κ1) is 18.0. The second-order valence-corrected chi connectivity index (χ2v) is 5.49. The van der Waals surface area contributed by atoms with E-state index in [4.69, 9.17) is 15.2 Å². The number of benzene rings is 1. The van der Waals surface area contributed by atoms with E-state index in [1.165, 1.54) is 26.4 Å². The molecule has 110 valence electrons. The van der Waals surface area contributed by atoms with E-state index >= 15 is 0 Å². The zero-order valence-corrected chi connectivity index (χ0v) is 12.7. The molecule has 0 aromatic heterocycles. The van der Waals surface area contributed by atoms with Crippen molar-refractivity contribution < 1.29 is 17.9 Å². The highest BCUT2D eigenvalue weighted by atomic mass is 35.5. The van der Waals surface area contributed by atoms with Gasteiger partial charge in [0.2, 0.25) is 10.0 Å². The van der Waals surface area contributed by atoms with E-state index in [1.807, 2.05) is 0 Å². The summed E-state index contributed by atoms with van der Waals surface area (Å²) in [7, 11) is -0.659. The number of rotatable bonds is 6. The van der Waals surface area contributed by atoms with Crippen molar-refractivity contribution in [3.63, 3.8) is 0 Å². The lowest BCUT2D eigenvalue weighted by Crippen LogP contribution is -2.37. The van der Waals surface area contributed by atoms with Crippen LogP contribution in [0.1, 0.15) is 6.92 Å². The normalized spacial score (nSPS) is 12.4. The van der Waals surface area contributed by atoms with Crippen molar-refractivity contribution in [2.24, 2.45) is 5.73 Å². The number of nitrogens with one attached hydrogen (secondary N) is 1. The highest BCUT2D eigenvalue weighted by molar-refractivity contribution is 7.89. The Labute approximate surface area is 119 Å². The standard InChI is InChI=1S/C11H18N2O4S.ClH/c1-8(7-12)13-18(14,15)9-4-5-10(16-2)11(6-9)17-3;/h4-6,8,13H,7,12H2,1-3H3;1H/t8-;/m0./s1. The molecule has 1 atom stereocenters. The Hall–Kier alpha value is -1.02. The summed E-state index contributed by atoms with van der Waals surface area (Å²) in [6.45, 7) is 1.92. The van der Waals surface area contributed by atoms with Crippen molar-refractivity contribution in [3.05, 3.63) is 18.2 Å². The van der Waals surface area contributed by atoms with Crippen LogP contribution in [0.15, 0.2) is 23.1 Å². The van der Waals surface area contributed by atoms with Gasteiger partial charge in [0.05, 0.1) is 19.1 Å². The van der Waals surface area contributed by atoms with E-state index < -0.39 is 10.0 Å². The Balaban J connectivity index is 0.00000324. The number of hydrogen-bond acceptors (Lipinski definition) is 5. The van der Waals surface area contributed by atoms with E-state index in [2.05, 4.69) is 4.72 Å². The second kappa shape index (κ2) is 7.54. The molecule has 0 spiro atoms. The molecular formula is C11H19ClN2O4S. The smallest absolute Gasteiger partial charge is 0.240 e. The van der Waals surface area contributed by atoms with Gasteiger partial charge in [0.25, 0.3) is 0 Å². The van der Waals surface area contributed by atoms with Gasteiger partial charge in [0, 0.05) is 18.7 Å². The average molecular weight is 311 g/mol. The zero-order chi connectivity index (χ0) is 13.8. The first-order valence-corrected chi connectivity index (χ1v) is 6.87. The number of methoxy groups -OCH3 is 2. The lowest BCUT2D eigenvalue weighted by molar-refractivity contribution is 0.354. The summed E-state index contributed by atoms with van der Waals surface area (Å²) >= 11 is 0. The molecule has 0 aliphatic carbocycles. The van der Waals surface area contributed by atoms with Gasteiger partial charge < -0.3 is 15.2 Å². The fourth-order valence-corrected chi connectivity index (χ4v) is 2.64. The second-order valence-electron chi connectivity index (χ2n) is 3.77. The molecule has 1 rings (SSSR count). The molecule has 1 aromatic rings. The van der Waals surface area contributed by atoms with E-state index in [0.717, 1.165) is 0 Å². The van der Waals surface area contributed by atoms with Crippen LogP contribution in [0.25, 0.3) is 0 Å². The number of sulfonamides is 1. The topological polar surface area (TPSA) is 90.7 Å². The lowest BCUT2D eigenvalue weighted by Gasteiger charge is -2.13. The van der Waals surface area contributed by atoms with Gasteiger partial charge >= 0.3 is 0 Å². The fraction of sp³-hybridized carbons (Fsp3) is 0.455. The summed E-state index contributed by atoms with van der Waals surface area (Å²) < 4.78 is 36.6. The molecule has 0 aliphatic heterocycles. The first-order valence-electron chi connectivity index (χ1n) is 5.39. The molecule has 0 saturated carbocycles. The van der Waals surface area contributed by atoms with E-state index in [0.29, 0.717) is 11.5 Å². The van der Waals surface area contributed by atoms with Crippen molar-refractivity contribution in [2.75, 3.05) is 20.8 Å². The van der Waals surface area contributed by atoms with Crippen LogP contribution in [-0.2, 0) is 10.0 Å². The van der Waals surface area contributed by atoms with Crippen molar-refractivity contribution in [2.45, 2.75) is 17.9 Å². The van der Waals surface area contributed by atoms with Crippen molar-refractivity contribution in [1.29, 1.82) is 0 Å². The van der Waals surface area contributed by atoms with E-state index in [9.17, 15) is 8.42 Å². The highest BCUT2D eigenvalue weighted by Gasteiger charge is 2.18. The molecule has 3 N–H and O–H groups in total. The zero-order valence-electron chi connectivity index (χ0n) is 11.0. The summed E-state index contributed by atoms with van der Waals surface area (Å²) in [6.07, 6.45) is 0. The third-order valence-electron chi connectivity index (χ3n) is 2.38. The van der Waals surface area contributed by atoms with E-state index in [-0.39, 0.29) is 29.9 Å². The van der Waals surface area contributed by atoms with Crippen LogP contribution >= 0.6 is 12.4 Å². The van der Waals surface area contributed by atoms with Crippen LogP contribution in [0.2, 0.25) is 0 Å². The molecule has 0 bridgehead atoms. The maximum absolute atomic E-state index is 12.0. The van der Waals surface area contributed by atoms with Crippen molar-refractivity contribution in [3.8, 4) is 11.5 Å². The molecule has 0 aliphatic rings. The van der Waals surface area contributed by atoms with Crippen LogP contribution < -0.4 is 19.9 Å². The molecule has 19 heavy (non-hydrogen) atoms. The average Bonchev–Trinajstić information content (AvgIpc) is 2.37. The van der Waals surface area contributed by atoms with Gasteiger partial charge in [-0.2, -0.15) is 0 Å². The molecule has 0 amide bonds.